The van der Waals surface area contributed by atoms with E-state index in [9.17, 15) is 4.79 Å². The third-order valence-electron chi connectivity index (χ3n) is 5.82. The quantitative estimate of drug-likeness (QED) is 0.499. The Morgan fingerprint density at radius 2 is 2.00 bits per heavy atom. The maximum Gasteiger partial charge on any atom is 0.227 e. The third kappa shape index (κ3) is 5.96. The zero-order chi connectivity index (χ0) is 19.8. The molecule has 0 spiro atoms. The van der Waals surface area contributed by atoms with Crippen LogP contribution in [0.25, 0.3) is 0 Å². The van der Waals surface area contributed by atoms with Crippen molar-refractivity contribution in [3.8, 4) is 0 Å². The molecule has 28 heavy (non-hydrogen) atoms. The fourth-order valence-corrected chi connectivity index (χ4v) is 3.86. The van der Waals surface area contributed by atoms with E-state index >= 15 is 0 Å². The first kappa shape index (κ1) is 20.6. The first-order valence-electron chi connectivity index (χ1n) is 10.8. The molecule has 1 amide bonds. The number of carbonyl (C=O) groups is 1. The molecule has 2 fully saturated rings. The predicted molar refractivity (Wildman–Crippen MR) is 116 cm³/mol. The average Bonchev–Trinajstić information content (AvgIpc) is 2.65. The normalized spacial score (nSPS) is 19.1. The van der Waals surface area contributed by atoms with Crippen molar-refractivity contribution < 1.29 is 4.79 Å². The van der Waals surface area contributed by atoms with Gasteiger partial charge in [-0.1, -0.05) is 25.5 Å². The van der Waals surface area contributed by atoms with Gasteiger partial charge in [0.1, 0.15) is 0 Å². The van der Waals surface area contributed by atoms with E-state index in [-0.39, 0.29) is 11.8 Å². The highest BCUT2D eigenvalue weighted by Crippen LogP contribution is 2.27. The van der Waals surface area contributed by atoms with E-state index in [2.05, 4.69) is 38.8 Å². The van der Waals surface area contributed by atoms with Crippen LogP contribution in [0.1, 0.15) is 51.0 Å². The lowest BCUT2D eigenvalue weighted by molar-refractivity contribution is -0.122. The van der Waals surface area contributed by atoms with Gasteiger partial charge in [-0.3, -0.25) is 9.79 Å². The number of rotatable bonds is 7. The maximum absolute atomic E-state index is 12.1. The highest BCUT2D eigenvalue weighted by molar-refractivity contribution is 5.93. The van der Waals surface area contributed by atoms with E-state index in [1.165, 1.54) is 19.4 Å². The summed E-state index contributed by atoms with van der Waals surface area (Å²) in [4.78, 5) is 19.1. The van der Waals surface area contributed by atoms with E-state index in [1.807, 2.05) is 25.2 Å². The molecule has 1 aromatic rings. The van der Waals surface area contributed by atoms with Crippen LogP contribution in [-0.4, -0.2) is 49.5 Å². The number of nitrogens with one attached hydrogen (secondary N) is 3. The van der Waals surface area contributed by atoms with Crippen molar-refractivity contribution in [3.63, 3.8) is 0 Å². The minimum atomic E-state index is 0.156. The summed E-state index contributed by atoms with van der Waals surface area (Å²) in [6, 6.07) is 8.54. The summed E-state index contributed by atoms with van der Waals surface area (Å²) in [5, 5.41) is 10.0. The molecule has 1 aliphatic heterocycles. The Kier molecular flexibility index (Phi) is 7.71. The standard InChI is InChI=1S/C22H35N5O/c1-3-12-27-13-10-19(11-14-27)26-22(23-2)24-16-17-6-4-9-20(15-17)25-21(28)18-7-5-8-18/h4,6,9,15,18-19H,3,5,7-8,10-14,16H2,1-2H3,(H,25,28)(H2,23,24,26). The SMILES string of the molecule is CCCN1CCC(NC(=NC)NCc2cccc(NC(=O)C3CCC3)c2)CC1. The van der Waals surface area contributed by atoms with Crippen LogP contribution in [0.2, 0.25) is 0 Å². The first-order chi connectivity index (χ1) is 13.7. The van der Waals surface area contributed by atoms with Crippen molar-refractivity contribution in [1.82, 2.24) is 15.5 Å². The summed E-state index contributed by atoms with van der Waals surface area (Å²) in [5.74, 6) is 1.20. The molecule has 154 valence electrons. The number of piperidine rings is 1. The number of carbonyl (C=O) groups excluding carboxylic acids is 1. The molecular weight excluding hydrogens is 350 g/mol. The lowest BCUT2D eigenvalue weighted by Crippen LogP contribution is -2.48. The molecule has 2 aliphatic rings. The topological polar surface area (TPSA) is 68.8 Å². The molecule has 1 saturated heterocycles. The Morgan fingerprint density at radius 3 is 2.64 bits per heavy atom. The highest BCUT2D eigenvalue weighted by atomic mass is 16.1. The highest BCUT2D eigenvalue weighted by Gasteiger charge is 2.25. The first-order valence-corrected chi connectivity index (χ1v) is 10.8. The second-order valence-electron chi connectivity index (χ2n) is 8.00. The zero-order valence-electron chi connectivity index (χ0n) is 17.3. The van der Waals surface area contributed by atoms with E-state index in [0.29, 0.717) is 12.6 Å². The predicted octanol–water partition coefficient (Wildman–Crippen LogP) is 2.96. The Labute approximate surface area is 169 Å². The lowest BCUT2D eigenvalue weighted by Gasteiger charge is -2.32. The molecule has 0 unspecified atom stereocenters. The molecular formula is C22H35N5O. The van der Waals surface area contributed by atoms with E-state index in [1.54, 1.807) is 0 Å². The molecule has 0 bridgehead atoms. The van der Waals surface area contributed by atoms with Crippen molar-refractivity contribution >= 4 is 17.6 Å². The number of nitrogens with zero attached hydrogens (tertiary/aromatic N) is 2. The number of benzene rings is 1. The molecule has 6 heteroatoms. The fraction of sp³-hybridized carbons (Fsp3) is 0.636. The largest absolute Gasteiger partial charge is 0.354 e. The van der Waals surface area contributed by atoms with E-state index in [0.717, 1.165) is 56.0 Å². The Morgan fingerprint density at radius 1 is 1.21 bits per heavy atom. The maximum atomic E-state index is 12.1. The van der Waals surface area contributed by atoms with Crippen LogP contribution < -0.4 is 16.0 Å². The van der Waals surface area contributed by atoms with Crippen molar-refractivity contribution in [3.05, 3.63) is 29.8 Å². The van der Waals surface area contributed by atoms with Crippen LogP contribution in [0.5, 0.6) is 0 Å². The summed E-state index contributed by atoms with van der Waals surface area (Å²) in [6.45, 7) is 6.44. The van der Waals surface area contributed by atoms with Gasteiger partial charge in [0.05, 0.1) is 0 Å². The minimum absolute atomic E-state index is 0.156. The molecule has 1 heterocycles. The van der Waals surface area contributed by atoms with Crippen LogP contribution >= 0.6 is 0 Å². The van der Waals surface area contributed by atoms with Crippen LogP contribution in [0, 0.1) is 5.92 Å². The molecule has 1 aliphatic carbocycles. The summed E-state index contributed by atoms with van der Waals surface area (Å²) in [6.07, 6.45) is 6.75. The van der Waals surface area contributed by atoms with Crippen LogP contribution in [0.3, 0.4) is 0 Å². The van der Waals surface area contributed by atoms with Gasteiger partial charge in [-0.2, -0.15) is 0 Å². The number of hydrogen-bond acceptors (Lipinski definition) is 3. The molecule has 3 N–H and O–H groups in total. The number of likely N-dealkylation sites (tertiary alicyclic amines) is 1. The van der Waals surface area contributed by atoms with Gasteiger partial charge in [-0.25, -0.2) is 0 Å². The van der Waals surface area contributed by atoms with Crippen molar-refractivity contribution in [2.75, 3.05) is 32.0 Å². The fourth-order valence-electron chi connectivity index (χ4n) is 3.86. The zero-order valence-corrected chi connectivity index (χ0v) is 17.3. The van der Waals surface area contributed by atoms with Gasteiger partial charge in [-0.15, -0.1) is 0 Å². The number of amides is 1. The molecule has 1 aromatic carbocycles. The summed E-state index contributed by atoms with van der Waals surface area (Å²) in [5.41, 5.74) is 2.01. The molecule has 3 rings (SSSR count). The number of aliphatic imine (C=N–C) groups is 1. The Bertz CT molecular complexity index is 663. The lowest BCUT2D eigenvalue weighted by atomic mass is 9.85. The second kappa shape index (κ2) is 10.5. The molecule has 0 radical (unpaired) electrons. The van der Waals surface area contributed by atoms with Crippen LogP contribution in [0.4, 0.5) is 5.69 Å². The minimum Gasteiger partial charge on any atom is -0.354 e. The van der Waals surface area contributed by atoms with Gasteiger partial charge in [0, 0.05) is 44.3 Å². The van der Waals surface area contributed by atoms with Crippen molar-refractivity contribution in [1.29, 1.82) is 0 Å². The third-order valence-corrected chi connectivity index (χ3v) is 5.82. The smallest absolute Gasteiger partial charge is 0.227 e. The Balaban J connectivity index is 1.44. The van der Waals surface area contributed by atoms with Gasteiger partial charge in [-0.05, 0) is 56.3 Å². The number of hydrogen-bond donors (Lipinski definition) is 3. The monoisotopic (exact) mass is 385 g/mol. The van der Waals surface area contributed by atoms with Gasteiger partial charge in [0.15, 0.2) is 5.96 Å². The average molecular weight is 386 g/mol. The van der Waals surface area contributed by atoms with Gasteiger partial charge in [0.25, 0.3) is 0 Å². The summed E-state index contributed by atoms with van der Waals surface area (Å²) in [7, 11) is 1.82. The Hall–Kier alpha value is -2.08. The van der Waals surface area contributed by atoms with E-state index in [4.69, 9.17) is 0 Å². The summed E-state index contributed by atoms with van der Waals surface area (Å²) >= 11 is 0. The van der Waals surface area contributed by atoms with Crippen LogP contribution in [-0.2, 0) is 11.3 Å². The van der Waals surface area contributed by atoms with Gasteiger partial charge in [0.2, 0.25) is 5.91 Å². The molecule has 0 aromatic heterocycles. The molecule has 0 atom stereocenters. The second-order valence-corrected chi connectivity index (χ2v) is 8.00. The number of guanidine groups is 1. The number of anilines is 1. The van der Waals surface area contributed by atoms with Crippen molar-refractivity contribution in [2.24, 2.45) is 10.9 Å². The summed E-state index contributed by atoms with van der Waals surface area (Å²) < 4.78 is 0. The van der Waals surface area contributed by atoms with Gasteiger partial charge >= 0.3 is 0 Å². The molecule has 6 nitrogen and oxygen atoms in total. The van der Waals surface area contributed by atoms with E-state index < -0.39 is 0 Å². The van der Waals surface area contributed by atoms with Crippen molar-refractivity contribution in [2.45, 2.75) is 58.0 Å². The van der Waals surface area contributed by atoms with Crippen LogP contribution in [0.15, 0.2) is 29.3 Å². The molecule has 1 saturated carbocycles. The van der Waals surface area contributed by atoms with Gasteiger partial charge < -0.3 is 20.9 Å².